The van der Waals surface area contributed by atoms with E-state index in [1.54, 1.807) is 0 Å². The number of nitrogens with one attached hydrogen (secondary N) is 1. The largest absolute Gasteiger partial charge is 0.418 e. The van der Waals surface area contributed by atoms with E-state index in [1.165, 1.54) is 35.8 Å². The minimum Gasteiger partial charge on any atom is -0.383 e. The third-order valence-electron chi connectivity index (χ3n) is 5.08. The number of nitrogens with zero attached hydrogens (tertiary/aromatic N) is 2. The van der Waals surface area contributed by atoms with Gasteiger partial charge >= 0.3 is 12.2 Å². The van der Waals surface area contributed by atoms with Gasteiger partial charge in [0.25, 0.3) is 0 Å². The number of rotatable bonds is 8. The third-order valence-corrected chi connectivity index (χ3v) is 5.08. The number of benzene rings is 2. The highest BCUT2D eigenvalue weighted by molar-refractivity contribution is 5.90. The number of amides is 2. The Balaban J connectivity index is 1.77. The van der Waals surface area contributed by atoms with Crippen molar-refractivity contribution in [2.75, 3.05) is 25.6 Å². The number of methoxy groups -OCH3 is 1. The molecule has 0 atom stereocenters. The molecule has 0 aliphatic heterocycles. The Morgan fingerprint density at radius 3 is 2.47 bits per heavy atom. The Kier molecular flexibility index (Phi) is 7.58. The molecule has 5 nitrogen and oxygen atoms in total. The van der Waals surface area contributed by atoms with E-state index in [-0.39, 0.29) is 25.4 Å². The van der Waals surface area contributed by atoms with Gasteiger partial charge in [-0.25, -0.2) is 4.79 Å². The van der Waals surface area contributed by atoms with E-state index in [2.05, 4.69) is 5.32 Å². The van der Waals surface area contributed by atoms with Crippen molar-refractivity contribution < 1.29 is 22.7 Å². The maximum absolute atomic E-state index is 13.3. The second-order valence-corrected chi connectivity index (χ2v) is 7.50. The molecule has 3 rings (SSSR count). The van der Waals surface area contributed by atoms with Gasteiger partial charge in [-0.15, -0.1) is 0 Å². The Labute approximate surface area is 185 Å². The number of halogens is 3. The van der Waals surface area contributed by atoms with Crippen molar-refractivity contribution in [3.05, 3.63) is 89.2 Å². The normalized spacial score (nSPS) is 11.4. The number of ether oxygens (including phenoxy) is 1. The summed E-state index contributed by atoms with van der Waals surface area (Å²) in [5.74, 6) is 0. The zero-order valence-corrected chi connectivity index (χ0v) is 18.0. The Hall–Kier alpha value is -3.26. The molecule has 0 aliphatic rings. The van der Waals surface area contributed by atoms with Crippen LogP contribution in [0.1, 0.15) is 22.4 Å². The molecule has 1 N–H and O–H groups in total. The van der Waals surface area contributed by atoms with Crippen molar-refractivity contribution in [1.29, 1.82) is 0 Å². The lowest BCUT2D eigenvalue weighted by atomic mass is 10.1. The van der Waals surface area contributed by atoms with Crippen LogP contribution in [-0.2, 0) is 24.0 Å². The van der Waals surface area contributed by atoms with Gasteiger partial charge < -0.3 is 19.5 Å². The number of urea groups is 1. The maximum atomic E-state index is 13.3. The predicted octanol–water partition coefficient (Wildman–Crippen LogP) is 5.54. The molecular weight excluding hydrogens is 419 g/mol. The van der Waals surface area contributed by atoms with Gasteiger partial charge in [0, 0.05) is 32.1 Å². The number of alkyl halides is 3. The molecule has 0 aliphatic carbocycles. The maximum Gasteiger partial charge on any atom is 0.418 e. The molecule has 0 bridgehead atoms. The summed E-state index contributed by atoms with van der Waals surface area (Å²) >= 11 is 0. The number of hydrogen-bond donors (Lipinski definition) is 1. The smallest absolute Gasteiger partial charge is 0.383 e. The van der Waals surface area contributed by atoms with Crippen LogP contribution in [0.5, 0.6) is 0 Å². The van der Waals surface area contributed by atoms with Gasteiger partial charge in [-0.05, 0) is 36.8 Å². The number of hydrogen-bond acceptors (Lipinski definition) is 2. The summed E-state index contributed by atoms with van der Waals surface area (Å²) in [6.07, 6.45) is -2.65. The summed E-state index contributed by atoms with van der Waals surface area (Å²) in [5, 5.41) is 2.42. The van der Waals surface area contributed by atoms with Crippen LogP contribution in [0.15, 0.2) is 66.9 Å². The van der Waals surface area contributed by atoms with Crippen LogP contribution in [0.3, 0.4) is 0 Å². The van der Waals surface area contributed by atoms with Crippen molar-refractivity contribution in [2.24, 2.45) is 0 Å². The SMILES string of the molecule is COCCN(Cc1cccn1Cc1ccc(C)cc1)C(=O)Nc1ccccc1C(F)(F)F. The van der Waals surface area contributed by atoms with E-state index in [4.69, 9.17) is 4.74 Å². The number of anilines is 1. The molecule has 0 fully saturated rings. The fourth-order valence-corrected chi connectivity index (χ4v) is 3.32. The van der Waals surface area contributed by atoms with Gasteiger partial charge in [-0.2, -0.15) is 13.2 Å². The van der Waals surface area contributed by atoms with Gasteiger partial charge in [0.2, 0.25) is 0 Å². The molecule has 1 heterocycles. The summed E-state index contributed by atoms with van der Waals surface area (Å²) in [6, 6.07) is 16.3. The van der Waals surface area contributed by atoms with Gasteiger partial charge in [0.15, 0.2) is 0 Å². The van der Waals surface area contributed by atoms with Crippen molar-refractivity contribution in [1.82, 2.24) is 9.47 Å². The topological polar surface area (TPSA) is 46.5 Å². The van der Waals surface area contributed by atoms with E-state index in [9.17, 15) is 18.0 Å². The molecule has 2 aromatic carbocycles. The van der Waals surface area contributed by atoms with Crippen molar-refractivity contribution in [2.45, 2.75) is 26.2 Å². The summed E-state index contributed by atoms with van der Waals surface area (Å²) < 4.78 is 47.0. The van der Waals surface area contributed by atoms with E-state index >= 15 is 0 Å². The fourth-order valence-electron chi connectivity index (χ4n) is 3.32. The number of carbonyl (C=O) groups excluding carboxylic acids is 1. The second kappa shape index (κ2) is 10.4. The van der Waals surface area contributed by atoms with Gasteiger partial charge in [0.05, 0.1) is 24.4 Å². The Morgan fingerprint density at radius 2 is 1.78 bits per heavy atom. The van der Waals surface area contributed by atoms with Crippen molar-refractivity contribution in [3.8, 4) is 0 Å². The van der Waals surface area contributed by atoms with Crippen LogP contribution in [0, 0.1) is 6.92 Å². The summed E-state index contributed by atoms with van der Waals surface area (Å²) in [6.45, 7) is 3.36. The molecule has 0 saturated heterocycles. The van der Waals surface area contributed by atoms with Crippen LogP contribution in [0.25, 0.3) is 0 Å². The molecule has 32 heavy (non-hydrogen) atoms. The first-order valence-corrected chi connectivity index (χ1v) is 10.2. The lowest BCUT2D eigenvalue weighted by molar-refractivity contribution is -0.136. The molecule has 0 unspecified atom stereocenters. The third kappa shape index (κ3) is 6.13. The van der Waals surface area contributed by atoms with E-state index in [1.807, 2.05) is 54.1 Å². The highest BCUT2D eigenvalue weighted by atomic mass is 19.4. The second-order valence-electron chi connectivity index (χ2n) is 7.50. The van der Waals surface area contributed by atoms with Crippen molar-refractivity contribution in [3.63, 3.8) is 0 Å². The first-order chi connectivity index (χ1) is 15.3. The van der Waals surface area contributed by atoms with Crippen LogP contribution < -0.4 is 5.32 Å². The van der Waals surface area contributed by atoms with Crippen LogP contribution in [0.4, 0.5) is 23.7 Å². The zero-order chi connectivity index (χ0) is 23.1. The minimum absolute atomic E-state index is 0.224. The van der Waals surface area contributed by atoms with Crippen LogP contribution in [0.2, 0.25) is 0 Å². The molecule has 1 aromatic heterocycles. The number of para-hydroxylation sites is 1. The molecule has 0 radical (unpaired) electrons. The van der Waals surface area contributed by atoms with Gasteiger partial charge in [-0.3, -0.25) is 0 Å². The number of aromatic nitrogens is 1. The van der Waals surface area contributed by atoms with E-state index in [0.29, 0.717) is 6.54 Å². The standard InChI is InChI=1S/C24H26F3N3O2/c1-18-9-11-19(12-10-18)16-29-13-5-6-20(29)17-30(14-15-32-2)23(31)28-22-8-4-3-7-21(22)24(25,26)27/h3-13H,14-17H2,1-2H3,(H,28,31). The average Bonchev–Trinajstić information content (AvgIpc) is 3.18. The molecule has 0 saturated carbocycles. The number of aryl methyl sites for hydroxylation is 1. The highest BCUT2D eigenvalue weighted by Gasteiger charge is 2.34. The fraction of sp³-hybridized carbons (Fsp3) is 0.292. The summed E-state index contributed by atoms with van der Waals surface area (Å²) in [4.78, 5) is 14.4. The zero-order valence-electron chi connectivity index (χ0n) is 18.0. The first-order valence-electron chi connectivity index (χ1n) is 10.2. The van der Waals surface area contributed by atoms with Gasteiger partial charge in [-0.1, -0.05) is 42.0 Å². The monoisotopic (exact) mass is 445 g/mol. The molecule has 170 valence electrons. The minimum atomic E-state index is -4.57. The molecule has 2 amide bonds. The van der Waals surface area contributed by atoms with Crippen LogP contribution in [-0.4, -0.2) is 35.8 Å². The quantitative estimate of drug-likeness (QED) is 0.495. The average molecular weight is 445 g/mol. The van der Waals surface area contributed by atoms with E-state index in [0.717, 1.165) is 17.3 Å². The predicted molar refractivity (Wildman–Crippen MR) is 117 cm³/mol. The molecule has 3 aromatic rings. The Morgan fingerprint density at radius 1 is 1.06 bits per heavy atom. The van der Waals surface area contributed by atoms with Crippen molar-refractivity contribution >= 4 is 11.7 Å². The molecule has 0 spiro atoms. The Bertz CT molecular complexity index is 1030. The molecule has 8 heteroatoms. The number of carbonyl (C=O) groups is 1. The highest BCUT2D eigenvalue weighted by Crippen LogP contribution is 2.34. The first kappa shape index (κ1) is 23.4. The molecular formula is C24H26F3N3O2. The lowest BCUT2D eigenvalue weighted by Crippen LogP contribution is -2.37. The van der Waals surface area contributed by atoms with E-state index < -0.39 is 17.8 Å². The van der Waals surface area contributed by atoms with Gasteiger partial charge in [0.1, 0.15) is 0 Å². The summed E-state index contributed by atoms with van der Waals surface area (Å²) in [5.41, 5.74) is 1.98. The lowest BCUT2D eigenvalue weighted by Gasteiger charge is -2.24. The summed E-state index contributed by atoms with van der Waals surface area (Å²) in [7, 11) is 1.51. The van der Waals surface area contributed by atoms with Crippen LogP contribution >= 0.6 is 0 Å².